The molecule has 0 heterocycles. The Hall–Kier alpha value is -1.26. The first-order chi connectivity index (χ1) is 7.51. The van der Waals surface area contributed by atoms with Crippen molar-refractivity contribution in [2.75, 3.05) is 14.2 Å². The van der Waals surface area contributed by atoms with Crippen LogP contribution in [0.15, 0.2) is 12.1 Å². The molecule has 5 heteroatoms. The van der Waals surface area contributed by atoms with Crippen LogP contribution < -0.4 is 4.74 Å². The maximum atomic E-state index is 11.1. The van der Waals surface area contributed by atoms with E-state index in [1.807, 2.05) is 0 Å². The van der Waals surface area contributed by atoms with Gasteiger partial charge in [0.25, 0.3) is 0 Å². The summed E-state index contributed by atoms with van der Waals surface area (Å²) in [6.07, 6.45) is -1.33. The summed E-state index contributed by atoms with van der Waals surface area (Å²) >= 11 is 5.94. The van der Waals surface area contributed by atoms with Gasteiger partial charge in [-0.15, -0.1) is 0 Å². The number of hydrogen-bond acceptors (Lipinski definition) is 4. The zero-order valence-corrected chi connectivity index (χ0v) is 10.0. The summed E-state index contributed by atoms with van der Waals surface area (Å²) < 4.78 is 9.51. The largest absolute Gasteiger partial charge is 0.495 e. The van der Waals surface area contributed by atoms with Gasteiger partial charge in [-0.05, 0) is 30.2 Å². The lowest BCUT2D eigenvalue weighted by molar-refractivity contribution is -0.150. The highest BCUT2D eigenvalue weighted by Gasteiger charge is 2.20. The molecular weight excluding hydrogens is 232 g/mol. The molecule has 0 radical (unpaired) electrons. The SMILES string of the molecule is COC(=O)C(O)c1cc(C)c(OC)c(Cl)c1. The lowest BCUT2D eigenvalue weighted by Crippen LogP contribution is -2.13. The van der Waals surface area contributed by atoms with Crippen LogP contribution in [0.2, 0.25) is 5.02 Å². The zero-order valence-electron chi connectivity index (χ0n) is 9.28. The van der Waals surface area contributed by atoms with Gasteiger partial charge < -0.3 is 14.6 Å². The van der Waals surface area contributed by atoms with E-state index < -0.39 is 12.1 Å². The number of benzene rings is 1. The van der Waals surface area contributed by atoms with Crippen molar-refractivity contribution in [3.05, 3.63) is 28.3 Å². The number of ether oxygens (including phenoxy) is 2. The zero-order chi connectivity index (χ0) is 12.3. The minimum atomic E-state index is -1.33. The second kappa shape index (κ2) is 5.18. The Morgan fingerprint density at radius 2 is 2.06 bits per heavy atom. The Morgan fingerprint density at radius 3 is 2.50 bits per heavy atom. The summed E-state index contributed by atoms with van der Waals surface area (Å²) in [5.41, 5.74) is 1.13. The number of esters is 1. The number of halogens is 1. The van der Waals surface area contributed by atoms with Crippen molar-refractivity contribution >= 4 is 17.6 Å². The van der Waals surface area contributed by atoms with E-state index in [4.69, 9.17) is 16.3 Å². The second-order valence-corrected chi connectivity index (χ2v) is 3.69. The van der Waals surface area contributed by atoms with Gasteiger partial charge in [-0.3, -0.25) is 0 Å². The van der Waals surface area contributed by atoms with Crippen LogP contribution in [0.3, 0.4) is 0 Å². The van der Waals surface area contributed by atoms with Crippen LogP contribution in [0.1, 0.15) is 17.2 Å². The molecule has 0 saturated heterocycles. The molecule has 1 N–H and O–H groups in total. The van der Waals surface area contributed by atoms with Gasteiger partial charge in [0.05, 0.1) is 19.2 Å². The fraction of sp³-hybridized carbons (Fsp3) is 0.364. The maximum absolute atomic E-state index is 11.1. The molecule has 1 aromatic carbocycles. The molecule has 1 rings (SSSR count). The van der Waals surface area contributed by atoms with E-state index in [9.17, 15) is 9.90 Å². The average Bonchev–Trinajstić information content (AvgIpc) is 2.26. The molecule has 0 aliphatic rings. The van der Waals surface area contributed by atoms with Crippen molar-refractivity contribution in [3.8, 4) is 5.75 Å². The lowest BCUT2D eigenvalue weighted by Gasteiger charge is -2.13. The van der Waals surface area contributed by atoms with Gasteiger partial charge in [-0.25, -0.2) is 4.79 Å². The van der Waals surface area contributed by atoms with Crippen molar-refractivity contribution in [2.45, 2.75) is 13.0 Å². The van der Waals surface area contributed by atoms with Gasteiger partial charge in [0.15, 0.2) is 6.10 Å². The Morgan fingerprint density at radius 1 is 1.44 bits per heavy atom. The van der Waals surface area contributed by atoms with E-state index in [1.165, 1.54) is 20.3 Å². The second-order valence-electron chi connectivity index (χ2n) is 3.28. The quantitative estimate of drug-likeness (QED) is 0.825. The van der Waals surface area contributed by atoms with E-state index in [0.29, 0.717) is 16.3 Å². The number of rotatable bonds is 3. The normalized spacial score (nSPS) is 12.1. The van der Waals surface area contributed by atoms with Gasteiger partial charge in [0.1, 0.15) is 5.75 Å². The van der Waals surface area contributed by atoms with Crippen LogP contribution in [-0.2, 0) is 9.53 Å². The molecule has 88 valence electrons. The summed E-state index contributed by atoms with van der Waals surface area (Å²) in [6.45, 7) is 1.78. The monoisotopic (exact) mass is 244 g/mol. The maximum Gasteiger partial charge on any atom is 0.339 e. The minimum absolute atomic E-state index is 0.348. The number of aryl methyl sites for hydroxylation is 1. The third-order valence-corrected chi connectivity index (χ3v) is 2.48. The molecular formula is C11H13ClO4. The molecule has 1 atom stereocenters. The van der Waals surface area contributed by atoms with E-state index in [1.54, 1.807) is 13.0 Å². The molecule has 0 spiro atoms. The number of carbonyl (C=O) groups is 1. The summed E-state index contributed by atoms with van der Waals surface area (Å²) in [7, 11) is 2.72. The molecule has 0 saturated carbocycles. The fourth-order valence-electron chi connectivity index (χ4n) is 1.42. The first-order valence-electron chi connectivity index (χ1n) is 4.61. The van der Waals surface area contributed by atoms with Crippen LogP contribution in [0.25, 0.3) is 0 Å². The molecule has 0 amide bonds. The van der Waals surface area contributed by atoms with Crippen molar-refractivity contribution in [1.82, 2.24) is 0 Å². The fourth-order valence-corrected chi connectivity index (χ4v) is 1.77. The van der Waals surface area contributed by atoms with Crippen molar-refractivity contribution in [2.24, 2.45) is 0 Å². The van der Waals surface area contributed by atoms with E-state index in [-0.39, 0.29) is 0 Å². The predicted molar refractivity (Wildman–Crippen MR) is 59.7 cm³/mol. The van der Waals surface area contributed by atoms with E-state index >= 15 is 0 Å². The van der Waals surface area contributed by atoms with Gasteiger partial charge in [-0.1, -0.05) is 11.6 Å². The van der Waals surface area contributed by atoms with Crippen LogP contribution in [0.5, 0.6) is 5.75 Å². The Balaban J connectivity index is 3.13. The highest BCUT2D eigenvalue weighted by Crippen LogP contribution is 2.31. The lowest BCUT2D eigenvalue weighted by atomic mass is 10.1. The third-order valence-electron chi connectivity index (χ3n) is 2.20. The first kappa shape index (κ1) is 12.8. The molecule has 0 aromatic heterocycles. The third kappa shape index (κ3) is 2.46. The molecule has 0 aliphatic carbocycles. The summed E-state index contributed by atoms with van der Waals surface area (Å²) in [5, 5.41) is 9.98. The number of aliphatic hydroxyl groups excluding tert-OH is 1. The van der Waals surface area contributed by atoms with E-state index in [0.717, 1.165) is 5.56 Å². The van der Waals surface area contributed by atoms with Crippen LogP contribution >= 0.6 is 11.6 Å². The van der Waals surface area contributed by atoms with E-state index in [2.05, 4.69) is 4.74 Å². The van der Waals surface area contributed by atoms with Gasteiger partial charge >= 0.3 is 5.97 Å². The molecule has 0 aliphatic heterocycles. The number of methoxy groups -OCH3 is 2. The standard InChI is InChI=1S/C11H13ClO4/c1-6-4-7(9(13)11(14)16-3)5-8(12)10(6)15-2/h4-5,9,13H,1-3H3. The van der Waals surface area contributed by atoms with Crippen molar-refractivity contribution in [3.63, 3.8) is 0 Å². The average molecular weight is 245 g/mol. The van der Waals surface area contributed by atoms with Crippen molar-refractivity contribution < 1.29 is 19.4 Å². The van der Waals surface area contributed by atoms with Crippen LogP contribution in [0.4, 0.5) is 0 Å². The van der Waals surface area contributed by atoms with Crippen molar-refractivity contribution in [1.29, 1.82) is 0 Å². The molecule has 0 fully saturated rings. The summed E-state index contributed by atoms with van der Waals surface area (Å²) in [6, 6.07) is 3.11. The molecule has 1 unspecified atom stereocenters. The first-order valence-corrected chi connectivity index (χ1v) is 4.99. The van der Waals surface area contributed by atoms with Gasteiger partial charge in [0, 0.05) is 0 Å². The Bertz CT molecular complexity index is 380. The highest BCUT2D eigenvalue weighted by molar-refractivity contribution is 6.32. The van der Waals surface area contributed by atoms with Crippen LogP contribution in [0, 0.1) is 6.92 Å². The smallest absolute Gasteiger partial charge is 0.339 e. The number of carbonyl (C=O) groups excluding carboxylic acids is 1. The molecule has 1 aromatic rings. The topological polar surface area (TPSA) is 55.8 Å². The Labute approximate surface area is 98.7 Å². The summed E-state index contributed by atoms with van der Waals surface area (Å²) in [5.74, 6) is -0.192. The molecule has 0 bridgehead atoms. The molecule has 4 nitrogen and oxygen atoms in total. The number of hydrogen-bond donors (Lipinski definition) is 1. The number of aliphatic hydroxyl groups is 1. The Kier molecular flexibility index (Phi) is 4.15. The summed E-state index contributed by atoms with van der Waals surface area (Å²) in [4.78, 5) is 11.1. The van der Waals surface area contributed by atoms with Crippen LogP contribution in [-0.4, -0.2) is 25.3 Å². The van der Waals surface area contributed by atoms with Gasteiger partial charge in [-0.2, -0.15) is 0 Å². The minimum Gasteiger partial charge on any atom is -0.495 e. The highest BCUT2D eigenvalue weighted by atomic mass is 35.5. The van der Waals surface area contributed by atoms with Gasteiger partial charge in [0.2, 0.25) is 0 Å². The molecule has 16 heavy (non-hydrogen) atoms. The predicted octanol–water partition coefficient (Wildman–Crippen LogP) is 1.86.